The standard InChI is InChI=1S/C16H21N3O/c1-11(2)17-8-14-9-18-16(19-10-14)20-15-6-12(3)5-13(4)7-15/h5-7,9-11,17H,8H2,1-4H3. The number of aryl methyl sites for hydroxylation is 2. The normalized spacial score (nSPS) is 10.8. The third-order valence-corrected chi connectivity index (χ3v) is 2.80. The zero-order valence-electron chi connectivity index (χ0n) is 12.5. The third kappa shape index (κ3) is 4.31. The van der Waals surface area contributed by atoms with Gasteiger partial charge in [0.15, 0.2) is 0 Å². The Morgan fingerprint density at radius 1 is 1.05 bits per heavy atom. The number of ether oxygens (including phenoxy) is 1. The molecule has 0 atom stereocenters. The molecule has 1 aromatic heterocycles. The Morgan fingerprint density at radius 2 is 1.65 bits per heavy atom. The smallest absolute Gasteiger partial charge is 0.321 e. The van der Waals surface area contributed by atoms with Crippen LogP contribution in [0.1, 0.15) is 30.5 Å². The Morgan fingerprint density at radius 3 is 2.20 bits per heavy atom. The van der Waals surface area contributed by atoms with Gasteiger partial charge in [0.05, 0.1) is 0 Å². The Balaban J connectivity index is 2.03. The maximum absolute atomic E-state index is 5.68. The lowest BCUT2D eigenvalue weighted by molar-refractivity contribution is 0.439. The van der Waals surface area contributed by atoms with Crippen LogP contribution in [0.5, 0.6) is 11.8 Å². The van der Waals surface area contributed by atoms with Gasteiger partial charge in [0.2, 0.25) is 0 Å². The second kappa shape index (κ2) is 6.48. The molecular formula is C16H21N3O. The Kier molecular flexibility index (Phi) is 4.69. The van der Waals surface area contributed by atoms with Gasteiger partial charge in [-0.2, -0.15) is 0 Å². The van der Waals surface area contributed by atoms with Crippen LogP contribution in [0.15, 0.2) is 30.6 Å². The minimum atomic E-state index is 0.378. The maximum Gasteiger partial charge on any atom is 0.321 e. The molecule has 0 amide bonds. The topological polar surface area (TPSA) is 47.0 Å². The van der Waals surface area contributed by atoms with E-state index in [0.29, 0.717) is 12.1 Å². The van der Waals surface area contributed by atoms with Crippen LogP contribution in [-0.4, -0.2) is 16.0 Å². The van der Waals surface area contributed by atoms with E-state index in [0.717, 1.165) is 29.0 Å². The molecule has 0 saturated heterocycles. The van der Waals surface area contributed by atoms with E-state index in [1.165, 1.54) is 0 Å². The minimum Gasteiger partial charge on any atom is -0.424 e. The molecule has 0 aliphatic carbocycles. The van der Waals surface area contributed by atoms with Crippen LogP contribution in [0, 0.1) is 13.8 Å². The first-order valence-electron chi connectivity index (χ1n) is 6.83. The first-order valence-corrected chi connectivity index (χ1v) is 6.83. The van der Waals surface area contributed by atoms with Crippen LogP contribution >= 0.6 is 0 Å². The zero-order valence-corrected chi connectivity index (χ0v) is 12.5. The van der Waals surface area contributed by atoms with E-state index in [-0.39, 0.29) is 0 Å². The second-order valence-electron chi connectivity index (χ2n) is 5.33. The van der Waals surface area contributed by atoms with E-state index in [2.05, 4.69) is 35.2 Å². The number of rotatable bonds is 5. The van der Waals surface area contributed by atoms with Crippen LogP contribution in [0.4, 0.5) is 0 Å². The highest BCUT2D eigenvalue weighted by Crippen LogP contribution is 2.20. The summed E-state index contributed by atoms with van der Waals surface area (Å²) in [5.74, 6) is 0.774. The molecule has 1 heterocycles. The molecular weight excluding hydrogens is 250 g/mol. The lowest BCUT2D eigenvalue weighted by Crippen LogP contribution is -2.21. The Bertz CT molecular complexity index is 544. The summed E-state index contributed by atoms with van der Waals surface area (Å²) >= 11 is 0. The molecule has 20 heavy (non-hydrogen) atoms. The first-order chi connectivity index (χ1) is 9.52. The van der Waals surface area contributed by atoms with Crippen molar-refractivity contribution in [2.45, 2.75) is 40.3 Å². The molecule has 1 aromatic carbocycles. The monoisotopic (exact) mass is 271 g/mol. The first kappa shape index (κ1) is 14.5. The van der Waals surface area contributed by atoms with E-state index in [1.54, 1.807) is 12.4 Å². The molecule has 2 aromatic rings. The molecule has 4 nitrogen and oxygen atoms in total. The molecule has 0 spiro atoms. The van der Waals surface area contributed by atoms with Crippen LogP contribution in [0.3, 0.4) is 0 Å². The largest absolute Gasteiger partial charge is 0.424 e. The number of nitrogens with zero attached hydrogens (tertiary/aromatic N) is 2. The van der Waals surface area contributed by atoms with Crippen molar-refractivity contribution >= 4 is 0 Å². The summed E-state index contributed by atoms with van der Waals surface area (Å²) in [6.45, 7) is 9.07. The van der Waals surface area contributed by atoms with Crippen LogP contribution in [0.2, 0.25) is 0 Å². The van der Waals surface area contributed by atoms with Crippen molar-refractivity contribution in [3.8, 4) is 11.8 Å². The summed E-state index contributed by atoms with van der Waals surface area (Å²) in [6, 6.07) is 6.88. The lowest BCUT2D eigenvalue weighted by Gasteiger charge is -2.08. The summed E-state index contributed by atoms with van der Waals surface area (Å²) in [5, 5.41) is 3.33. The molecule has 2 rings (SSSR count). The maximum atomic E-state index is 5.68. The van der Waals surface area contributed by atoms with Crippen molar-refractivity contribution in [2.24, 2.45) is 0 Å². The third-order valence-electron chi connectivity index (χ3n) is 2.80. The zero-order chi connectivity index (χ0) is 14.5. The molecule has 0 radical (unpaired) electrons. The minimum absolute atomic E-state index is 0.378. The molecule has 0 unspecified atom stereocenters. The molecule has 0 saturated carbocycles. The predicted octanol–water partition coefficient (Wildman–Crippen LogP) is 3.38. The van der Waals surface area contributed by atoms with Crippen molar-refractivity contribution < 1.29 is 4.74 Å². The van der Waals surface area contributed by atoms with Gasteiger partial charge in [0.1, 0.15) is 5.75 Å². The summed E-state index contributed by atoms with van der Waals surface area (Å²) in [7, 11) is 0. The van der Waals surface area contributed by atoms with E-state index in [9.17, 15) is 0 Å². The van der Waals surface area contributed by atoms with Crippen LogP contribution in [0.25, 0.3) is 0 Å². The fourth-order valence-corrected chi connectivity index (χ4v) is 1.91. The van der Waals surface area contributed by atoms with E-state index < -0.39 is 0 Å². The van der Waals surface area contributed by atoms with Gasteiger partial charge in [-0.15, -0.1) is 0 Å². The summed E-state index contributed by atoms with van der Waals surface area (Å²) in [6.07, 6.45) is 3.58. The summed E-state index contributed by atoms with van der Waals surface area (Å²) in [5.41, 5.74) is 3.38. The number of hydrogen-bond donors (Lipinski definition) is 1. The molecule has 1 N–H and O–H groups in total. The van der Waals surface area contributed by atoms with Gasteiger partial charge in [-0.1, -0.05) is 19.9 Å². The quantitative estimate of drug-likeness (QED) is 0.905. The SMILES string of the molecule is Cc1cc(C)cc(Oc2ncc(CNC(C)C)cn2)c1. The molecule has 4 heteroatoms. The average Bonchev–Trinajstić information content (AvgIpc) is 2.36. The van der Waals surface area contributed by atoms with Crippen molar-refractivity contribution in [2.75, 3.05) is 0 Å². The van der Waals surface area contributed by atoms with E-state index >= 15 is 0 Å². The van der Waals surface area contributed by atoms with Crippen molar-refractivity contribution in [3.05, 3.63) is 47.3 Å². The van der Waals surface area contributed by atoms with Gasteiger partial charge >= 0.3 is 6.01 Å². The van der Waals surface area contributed by atoms with Gasteiger partial charge in [-0.25, -0.2) is 9.97 Å². The van der Waals surface area contributed by atoms with Crippen LogP contribution in [-0.2, 0) is 6.54 Å². The fraction of sp³-hybridized carbons (Fsp3) is 0.375. The van der Waals surface area contributed by atoms with Gasteiger partial charge < -0.3 is 10.1 Å². The molecule has 0 fully saturated rings. The van der Waals surface area contributed by atoms with Gasteiger partial charge in [0, 0.05) is 30.5 Å². The van der Waals surface area contributed by atoms with Gasteiger partial charge in [0.25, 0.3) is 0 Å². The fourth-order valence-electron chi connectivity index (χ4n) is 1.91. The molecule has 0 aliphatic rings. The van der Waals surface area contributed by atoms with Gasteiger partial charge in [-0.05, 0) is 37.1 Å². The van der Waals surface area contributed by atoms with Crippen molar-refractivity contribution in [1.29, 1.82) is 0 Å². The Labute approximate surface area is 120 Å². The van der Waals surface area contributed by atoms with Gasteiger partial charge in [-0.3, -0.25) is 0 Å². The predicted molar refractivity (Wildman–Crippen MR) is 80.0 cm³/mol. The second-order valence-corrected chi connectivity index (χ2v) is 5.33. The number of benzene rings is 1. The van der Waals surface area contributed by atoms with Crippen molar-refractivity contribution in [3.63, 3.8) is 0 Å². The molecule has 0 aliphatic heterocycles. The van der Waals surface area contributed by atoms with Crippen LogP contribution < -0.4 is 10.1 Å². The number of aromatic nitrogens is 2. The lowest BCUT2D eigenvalue weighted by atomic mass is 10.1. The molecule has 0 bridgehead atoms. The highest BCUT2D eigenvalue weighted by atomic mass is 16.5. The highest BCUT2D eigenvalue weighted by Gasteiger charge is 2.03. The van der Waals surface area contributed by atoms with Crippen molar-refractivity contribution in [1.82, 2.24) is 15.3 Å². The summed E-state index contributed by atoms with van der Waals surface area (Å²) < 4.78 is 5.68. The van der Waals surface area contributed by atoms with E-state index in [4.69, 9.17) is 4.74 Å². The summed E-state index contributed by atoms with van der Waals surface area (Å²) in [4.78, 5) is 8.48. The Hall–Kier alpha value is -1.94. The molecule has 106 valence electrons. The average molecular weight is 271 g/mol. The number of nitrogens with one attached hydrogen (secondary N) is 1. The van der Waals surface area contributed by atoms with E-state index in [1.807, 2.05) is 26.0 Å². The highest BCUT2D eigenvalue weighted by molar-refractivity contribution is 5.34. The number of hydrogen-bond acceptors (Lipinski definition) is 4.